The molecule has 0 rings (SSSR count). The fourth-order valence-electron chi connectivity index (χ4n) is 1.57. The summed E-state index contributed by atoms with van der Waals surface area (Å²) in [5.41, 5.74) is 5.74. The van der Waals surface area contributed by atoms with Crippen LogP contribution in [0, 0.1) is 5.41 Å². The van der Waals surface area contributed by atoms with E-state index in [4.69, 9.17) is 5.73 Å². The first kappa shape index (κ1) is 17.9. The Kier molecular flexibility index (Phi) is 6.30. The molecule has 0 fully saturated rings. The van der Waals surface area contributed by atoms with Crippen LogP contribution in [0.5, 0.6) is 0 Å². The zero-order valence-electron chi connectivity index (χ0n) is 12.8. The Balaban J connectivity index is 4.51. The molecule has 2 N–H and O–H groups in total. The highest BCUT2D eigenvalue weighted by Gasteiger charge is 2.29. The first-order valence-electron chi connectivity index (χ1n) is 6.60. The van der Waals surface area contributed by atoms with Crippen molar-refractivity contribution in [2.24, 2.45) is 11.1 Å². The molecule has 0 spiro atoms. The smallest absolute Gasteiger partial charge is 0.156 e. The number of nitrogens with zero attached hydrogens (tertiary/aromatic N) is 1. The van der Waals surface area contributed by atoms with Crippen molar-refractivity contribution in [3.63, 3.8) is 0 Å². The van der Waals surface area contributed by atoms with E-state index in [1.165, 1.54) is 0 Å². The highest BCUT2D eigenvalue weighted by atomic mass is 32.2. The largest absolute Gasteiger partial charge is 0.330 e. The Morgan fingerprint density at radius 1 is 1.11 bits per heavy atom. The molecule has 0 aromatic rings. The number of rotatable bonds is 7. The Bertz CT molecular complexity index is 342. The molecule has 0 saturated carbocycles. The maximum absolute atomic E-state index is 12.1. The van der Waals surface area contributed by atoms with E-state index in [0.29, 0.717) is 13.1 Å². The highest BCUT2D eigenvalue weighted by molar-refractivity contribution is 7.92. The van der Waals surface area contributed by atoms with Crippen LogP contribution in [-0.4, -0.2) is 50.0 Å². The van der Waals surface area contributed by atoms with E-state index >= 15 is 0 Å². The summed E-state index contributed by atoms with van der Waals surface area (Å²) < 4.78 is 23.4. The SMILES string of the molecule is CCN(CCS(=O)(=O)C(C)(C)C)CC(C)(C)CN. The first-order chi connectivity index (χ1) is 7.95. The molecule has 0 saturated heterocycles. The molecule has 0 heterocycles. The van der Waals surface area contributed by atoms with E-state index < -0.39 is 14.6 Å². The second kappa shape index (κ2) is 6.35. The molecular formula is C13H30N2O2S. The average Bonchev–Trinajstić information content (AvgIpc) is 2.22. The molecule has 110 valence electrons. The molecule has 0 aliphatic heterocycles. The van der Waals surface area contributed by atoms with Gasteiger partial charge in [0.05, 0.1) is 10.5 Å². The fourth-order valence-corrected chi connectivity index (χ4v) is 2.69. The molecule has 0 aliphatic rings. The molecule has 0 amide bonds. The Morgan fingerprint density at radius 2 is 1.61 bits per heavy atom. The quantitative estimate of drug-likeness (QED) is 0.766. The Hall–Kier alpha value is -0.130. The lowest BCUT2D eigenvalue weighted by Gasteiger charge is -2.31. The minimum atomic E-state index is -3.04. The maximum Gasteiger partial charge on any atom is 0.156 e. The van der Waals surface area contributed by atoms with Crippen LogP contribution in [0.15, 0.2) is 0 Å². The number of nitrogens with two attached hydrogens (primary N) is 1. The van der Waals surface area contributed by atoms with Crippen LogP contribution < -0.4 is 5.73 Å². The highest BCUT2D eigenvalue weighted by Crippen LogP contribution is 2.18. The average molecular weight is 278 g/mol. The summed E-state index contributed by atoms with van der Waals surface area (Å²) in [7, 11) is -3.04. The third-order valence-electron chi connectivity index (χ3n) is 3.26. The molecule has 0 radical (unpaired) electrons. The zero-order valence-corrected chi connectivity index (χ0v) is 13.6. The Labute approximate surface area is 113 Å². The summed E-state index contributed by atoms with van der Waals surface area (Å²) in [6, 6.07) is 0. The van der Waals surface area contributed by atoms with Crippen molar-refractivity contribution in [3.8, 4) is 0 Å². The standard InChI is InChI=1S/C13H30N2O2S/c1-7-15(11-13(5,6)10-14)8-9-18(16,17)12(2,3)4/h7-11,14H2,1-6H3. The third kappa shape index (κ3) is 5.67. The van der Waals surface area contributed by atoms with Crippen LogP contribution in [0.25, 0.3) is 0 Å². The lowest BCUT2D eigenvalue weighted by Crippen LogP contribution is -2.42. The van der Waals surface area contributed by atoms with Crippen LogP contribution in [-0.2, 0) is 9.84 Å². The van der Waals surface area contributed by atoms with Crippen molar-refractivity contribution in [2.75, 3.05) is 31.9 Å². The fraction of sp³-hybridized carbons (Fsp3) is 1.00. The van der Waals surface area contributed by atoms with Crippen molar-refractivity contribution >= 4 is 9.84 Å². The summed E-state index contributed by atoms with van der Waals surface area (Å²) in [5.74, 6) is 0.213. The van der Waals surface area contributed by atoms with Crippen LogP contribution in [0.1, 0.15) is 41.5 Å². The van der Waals surface area contributed by atoms with Crippen molar-refractivity contribution in [2.45, 2.75) is 46.3 Å². The summed E-state index contributed by atoms with van der Waals surface area (Å²) in [5, 5.41) is 0. The van der Waals surface area contributed by atoms with Gasteiger partial charge in [-0.15, -0.1) is 0 Å². The minimum Gasteiger partial charge on any atom is -0.330 e. The number of hydrogen-bond acceptors (Lipinski definition) is 4. The van der Waals surface area contributed by atoms with Gasteiger partial charge >= 0.3 is 0 Å². The van der Waals surface area contributed by atoms with Gasteiger partial charge in [0, 0.05) is 13.1 Å². The first-order valence-corrected chi connectivity index (χ1v) is 8.25. The van der Waals surface area contributed by atoms with Crippen LogP contribution in [0.3, 0.4) is 0 Å². The molecule has 0 aromatic carbocycles. The molecule has 0 unspecified atom stereocenters. The molecule has 18 heavy (non-hydrogen) atoms. The van der Waals surface area contributed by atoms with E-state index in [1.807, 2.05) is 0 Å². The van der Waals surface area contributed by atoms with Crippen molar-refractivity contribution in [3.05, 3.63) is 0 Å². The zero-order chi connectivity index (χ0) is 14.6. The van der Waals surface area contributed by atoms with Gasteiger partial charge in [-0.25, -0.2) is 8.42 Å². The molecule has 0 aromatic heterocycles. The predicted octanol–water partition coefficient (Wildman–Crippen LogP) is 1.51. The second-order valence-corrected chi connectivity index (χ2v) is 9.53. The van der Waals surface area contributed by atoms with Crippen LogP contribution >= 0.6 is 0 Å². The van der Waals surface area contributed by atoms with Crippen molar-refractivity contribution < 1.29 is 8.42 Å². The van der Waals surface area contributed by atoms with Gasteiger partial charge in [0.1, 0.15) is 0 Å². The van der Waals surface area contributed by atoms with E-state index in [1.54, 1.807) is 20.8 Å². The molecular weight excluding hydrogens is 248 g/mol. The number of hydrogen-bond donors (Lipinski definition) is 1. The topological polar surface area (TPSA) is 63.4 Å². The maximum atomic E-state index is 12.1. The number of sulfone groups is 1. The van der Waals surface area contributed by atoms with Gasteiger partial charge in [-0.05, 0) is 39.3 Å². The molecule has 5 heteroatoms. The lowest BCUT2D eigenvalue weighted by atomic mass is 9.93. The monoisotopic (exact) mass is 278 g/mol. The van der Waals surface area contributed by atoms with E-state index in [9.17, 15) is 8.42 Å². The van der Waals surface area contributed by atoms with Gasteiger partial charge in [-0.2, -0.15) is 0 Å². The summed E-state index contributed by atoms with van der Waals surface area (Å²) >= 11 is 0. The van der Waals surface area contributed by atoms with Gasteiger partial charge in [0.15, 0.2) is 9.84 Å². The van der Waals surface area contributed by atoms with Gasteiger partial charge in [0.25, 0.3) is 0 Å². The second-order valence-electron chi connectivity index (χ2n) is 6.67. The molecule has 4 nitrogen and oxygen atoms in total. The van der Waals surface area contributed by atoms with Gasteiger partial charge in [-0.1, -0.05) is 20.8 Å². The van der Waals surface area contributed by atoms with Crippen LogP contribution in [0.4, 0.5) is 0 Å². The van der Waals surface area contributed by atoms with E-state index in [-0.39, 0.29) is 11.2 Å². The van der Waals surface area contributed by atoms with E-state index in [2.05, 4.69) is 25.7 Å². The van der Waals surface area contributed by atoms with Gasteiger partial charge < -0.3 is 10.6 Å². The van der Waals surface area contributed by atoms with Gasteiger partial charge in [-0.3, -0.25) is 0 Å². The van der Waals surface area contributed by atoms with Crippen molar-refractivity contribution in [1.29, 1.82) is 0 Å². The molecule has 0 bridgehead atoms. The summed E-state index contributed by atoms with van der Waals surface area (Å²) in [6.45, 7) is 14.4. The predicted molar refractivity (Wildman–Crippen MR) is 78.5 cm³/mol. The minimum absolute atomic E-state index is 0.0293. The Morgan fingerprint density at radius 3 is 1.94 bits per heavy atom. The lowest BCUT2D eigenvalue weighted by molar-refractivity contribution is 0.198. The van der Waals surface area contributed by atoms with Crippen molar-refractivity contribution in [1.82, 2.24) is 4.90 Å². The molecule has 0 aliphatic carbocycles. The summed E-state index contributed by atoms with van der Waals surface area (Å²) in [6.07, 6.45) is 0. The van der Waals surface area contributed by atoms with Crippen LogP contribution in [0.2, 0.25) is 0 Å². The molecule has 0 atom stereocenters. The third-order valence-corrected chi connectivity index (χ3v) is 5.85. The summed E-state index contributed by atoms with van der Waals surface area (Å²) in [4.78, 5) is 2.16. The van der Waals surface area contributed by atoms with Gasteiger partial charge in [0.2, 0.25) is 0 Å². The van der Waals surface area contributed by atoms with E-state index in [0.717, 1.165) is 13.1 Å². The normalized spacial score (nSPS) is 14.2.